The topological polar surface area (TPSA) is 42.6 Å². The highest BCUT2D eigenvalue weighted by Crippen LogP contribution is 2.48. The van der Waals surface area contributed by atoms with Crippen LogP contribution in [0.25, 0.3) is 0 Å². The van der Waals surface area contributed by atoms with Crippen molar-refractivity contribution in [2.75, 3.05) is 40.8 Å². The van der Waals surface area contributed by atoms with Crippen molar-refractivity contribution < 1.29 is 0 Å². The Hall–Kier alpha value is -1.47. The molecule has 0 spiro atoms. The maximum Gasteiger partial charge on any atom is 0.151 e. The Kier molecular flexibility index (Phi) is 5.74. The zero-order valence-electron chi connectivity index (χ0n) is 16.9. The third-order valence-electron chi connectivity index (χ3n) is 6.49. The minimum absolute atomic E-state index is 0.309. The van der Waals surface area contributed by atoms with E-state index in [0.29, 0.717) is 12.0 Å². The molecule has 3 N–H and O–H groups in total. The average Bonchev–Trinajstić information content (AvgIpc) is 3.12. The maximum atomic E-state index is 6.42. The van der Waals surface area contributed by atoms with E-state index in [4.69, 9.17) is 11.6 Å². The molecule has 6 heteroatoms. The third-order valence-corrected chi connectivity index (χ3v) is 6.72. The molecule has 1 fully saturated rings. The van der Waals surface area contributed by atoms with E-state index >= 15 is 0 Å². The molecule has 0 bridgehead atoms. The summed E-state index contributed by atoms with van der Waals surface area (Å²) in [6, 6.07) is 17.6. The molecule has 0 amide bonds. The summed E-state index contributed by atoms with van der Waals surface area (Å²) >= 11 is 6.42. The van der Waals surface area contributed by atoms with E-state index in [1.54, 1.807) is 0 Å². The summed E-state index contributed by atoms with van der Waals surface area (Å²) in [7, 11) is 6.00. The van der Waals surface area contributed by atoms with E-state index in [1.807, 2.05) is 27.2 Å². The molecule has 2 aliphatic rings. The van der Waals surface area contributed by atoms with Crippen molar-refractivity contribution in [2.45, 2.75) is 24.2 Å². The van der Waals surface area contributed by atoms with Crippen LogP contribution in [0.5, 0.6) is 0 Å². The Balaban J connectivity index is 1.68. The molecule has 1 aliphatic carbocycles. The number of likely N-dealkylation sites (N-methyl/N-ethyl adjacent to an activating group) is 2. The number of hydrogen-bond acceptors (Lipinski definition) is 5. The molecular weight excluding hydrogens is 370 g/mol. The van der Waals surface area contributed by atoms with Gasteiger partial charge in [0, 0.05) is 36.6 Å². The highest BCUT2D eigenvalue weighted by Gasteiger charge is 2.44. The van der Waals surface area contributed by atoms with E-state index in [1.165, 1.54) is 16.7 Å². The Labute approximate surface area is 173 Å². The molecule has 0 aromatic heterocycles. The molecular formula is C22H30ClN5. The van der Waals surface area contributed by atoms with Crippen molar-refractivity contribution in [3.63, 3.8) is 0 Å². The molecule has 2 aromatic rings. The lowest BCUT2D eigenvalue weighted by Crippen LogP contribution is -2.76. The number of hydrogen-bond donors (Lipinski definition) is 3. The van der Waals surface area contributed by atoms with E-state index in [9.17, 15) is 0 Å². The normalized spacial score (nSPS) is 25.0. The summed E-state index contributed by atoms with van der Waals surface area (Å²) in [4.78, 5) is 2.60. The molecule has 5 nitrogen and oxygen atoms in total. The Bertz CT molecular complexity index is 808. The van der Waals surface area contributed by atoms with Gasteiger partial charge in [0.15, 0.2) is 5.79 Å². The molecule has 2 atom stereocenters. The minimum Gasteiger partial charge on any atom is -0.290 e. The van der Waals surface area contributed by atoms with Crippen LogP contribution >= 0.6 is 11.6 Å². The lowest BCUT2D eigenvalue weighted by atomic mass is 9.93. The average molecular weight is 400 g/mol. The van der Waals surface area contributed by atoms with Gasteiger partial charge in [0.1, 0.15) is 0 Å². The van der Waals surface area contributed by atoms with Crippen LogP contribution in [0.2, 0.25) is 5.02 Å². The van der Waals surface area contributed by atoms with Gasteiger partial charge in [-0.25, -0.2) is 5.01 Å². The van der Waals surface area contributed by atoms with Gasteiger partial charge in [-0.2, -0.15) is 0 Å². The SMILES string of the molecule is CNN1CCN(C2CC(c3ccccc3)c3ccc(Cl)cc32)CC1(NC)NC. The molecule has 28 heavy (non-hydrogen) atoms. The number of rotatable bonds is 5. The Morgan fingerprint density at radius 3 is 2.39 bits per heavy atom. The van der Waals surface area contributed by atoms with Gasteiger partial charge < -0.3 is 0 Å². The summed E-state index contributed by atoms with van der Waals surface area (Å²) in [5.41, 5.74) is 7.50. The van der Waals surface area contributed by atoms with Crippen molar-refractivity contribution >= 4 is 11.6 Å². The molecule has 0 saturated carbocycles. The van der Waals surface area contributed by atoms with Gasteiger partial charge in [-0.3, -0.25) is 21.0 Å². The van der Waals surface area contributed by atoms with Crippen LogP contribution in [-0.2, 0) is 0 Å². The smallest absolute Gasteiger partial charge is 0.151 e. The Morgan fingerprint density at radius 1 is 0.964 bits per heavy atom. The number of fused-ring (bicyclic) bond motifs is 1. The fourth-order valence-electron chi connectivity index (χ4n) is 4.97. The molecule has 1 heterocycles. The monoisotopic (exact) mass is 399 g/mol. The van der Waals surface area contributed by atoms with E-state index in [2.05, 4.69) is 68.4 Å². The second-order valence-corrected chi connectivity index (χ2v) is 8.13. The number of nitrogens with one attached hydrogen (secondary N) is 3. The van der Waals surface area contributed by atoms with Crippen molar-refractivity contribution in [3.8, 4) is 0 Å². The number of nitrogens with zero attached hydrogens (tertiary/aromatic N) is 2. The lowest BCUT2D eigenvalue weighted by molar-refractivity contribution is -0.0797. The summed E-state index contributed by atoms with van der Waals surface area (Å²) in [5, 5.41) is 10.0. The highest BCUT2D eigenvalue weighted by molar-refractivity contribution is 6.30. The van der Waals surface area contributed by atoms with Gasteiger partial charge in [0.05, 0.1) is 0 Å². The first kappa shape index (κ1) is 19.8. The van der Waals surface area contributed by atoms with Crippen molar-refractivity contribution in [3.05, 3.63) is 70.2 Å². The fourth-order valence-corrected chi connectivity index (χ4v) is 5.16. The second kappa shape index (κ2) is 8.11. The van der Waals surface area contributed by atoms with Crippen molar-refractivity contribution in [2.24, 2.45) is 0 Å². The first-order chi connectivity index (χ1) is 13.6. The van der Waals surface area contributed by atoms with Crippen LogP contribution in [0.3, 0.4) is 0 Å². The standard InChI is InChI=1S/C22H30ClN5/c1-24-22(25-2)15-27(11-12-28(22)26-3)21-14-19(16-7-5-4-6-8-16)18-10-9-17(23)13-20(18)21/h4-10,13,19,21,24-26H,11-12,14-15H2,1-3H3. The van der Waals surface area contributed by atoms with Gasteiger partial charge in [0.2, 0.25) is 0 Å². The van der Waals surface area contributed by atoms with Gasteiger partial charge in [0.25, 0.3) is 0 Å². The zero-order chi connectivity index (χ0) is 19.7. The third kappa shape index (κ3) is 3.36. The quantitative estimate of drug-likeness (QED) is 0.675. The minimum atomic E-state index is -0.309. The molecule has 2 aromatic carbocycles. The van der Waals surface area contributed by atoms with E-state index in [-0.39, 0.29) is 5.79 Å². The molecule has 150 valence electrons. The van der Waals surface area contributed by atoms with Crippen LogP contribution in [0, 0.1) is 0 Å². The number of benzene rings is 2. The summed E-state index contributed by atoms with van der Waals surface area (Å²) < 4.78 is 0. The van der Waals surface area contributed by atoms with Gasteiger partial charge in [-0.1, -0.05) is 48.0 Å². The Morgan fingerprint density at radius 2 is 1.71 bits per heavy atom. The summed E-state index contributed by atoms with van der Waals surface area (Å²) in [5.74, 6) is 0.107. The van der Waals surface area contributed by atoms with E-state index < -0.39 is 0 Å². The summed E-state index contributed by atoms with van der Waals surface area (Å²) in [6.07, 6.45) is 1.09. The van der Waals surface area contributed by atoms with Gasteiger partial charge in [-0.15, -0.1) is 0 Å². The van der Waals surface area contributed by atoms with Crippen LogP contribution in [0.4, 0.5) is 0 Å². The van der Waals surface area contributed by atoms with Crippen molar-refractivity contribution in [1.82, 2.24) is 26.0 Å². The zero-order valence-corrected chi connectivity index (χ0v) is 17.6. The lowest BCUT2D eigenvalue weighted by Gasteiger charge is -2.51. The first-order valence-corrected chi connectivity index (χ1v) is 10.4. The highest BCUT2D eigenvalue weighted by atomic mass is 35.5. The molecule has 2 unspecified atom stereocenters. The molecule has 1 aliphatic heterocycles. The number of piperazine rings is 1. The second-order valence-electron chi connectivity index (χ2n) is 7.69. The largest absolute Gasteiger partial charge is 0.290 e. The first-order valence-electron chi connectivity index (χ1n) is 10.0. The predicted octanol–water partition coefficient (Wildman–Crippen LogP) is 2.76. The molecule has 1 saturated heterocycles. The number of halogens is 1. The predicted molar refractivity (Wildman–Crippen MR) is 115 cm³/mol. The fraction of sp³-hybridized carbons (Fsp3) is 0.455. The van der Waals surface area contributed by atoms with Crippen LogP contribution < -0.4 is 16.1 Å². The molecule has 0 radical (unpaired) electrons. The van der Waals surface area contributed by atoms with Crippen molar-refractivity contribution in [1.29, 1.82) is 0 Å². The van der Waals surface area contributed by atoms with Gasteiger partial charge in [-0.05, 0) is 56.4 Å². The van der Waals surface area contributed by atoms with E-state index in [0.717, 1.165) is 31.1 Å². The van der Waals surface area contributed by atoms with Gasteiger partial charge >= 0.3 is 0 Å². The molecule has 4 rings (SSSR count). The summed E-state index contributed by atoms with van der Waals surface area (Å²) in [6.45, 7) is 2.81. The van der Waals surface area contributed by atoms with Crippen LogP contribution in [0.1, 0.15) is 35.1 Å². The van der Waals surface area contributed by atoms with Crippen LogP contribution in [0.15, 0.2) is 48.5 Å². The maximum absolute atomic E-state index is 6.42. The number of hydrazine groups is 1. The van der Waals surface area contributed by atoms with Crippen LogP contribution in [-0.4, -0.2) is 56.5 Å².